The SMILES string of the molecule is Cc1cc(-c2ccccn2)nc(C2(C#N)CC2)n1. The standard InChI is InChI=1S/C14H12N4/c1-10-8-12(11-4-2-3-7-16-11)18-13(17-10)14(9-15)5-6-14/h2-4,7-8H,5-6H2,1H3. The van der Waals surface area contributed by atoms with Gasteiger partial charge in [-0.05, 0) is 38.0 Å². The second-order valence-electron chi connectivity index (χ2n) is 4.63. The summed E-state index contributed by atoms with van der Waals surface area (Å²) in [5.41, 5.74) is 2.04. The Labute approximate surface area is 105 Å². The summed E-state index contributed by atoms with van der Waals surface area (Å²) in [6.07, 6.45) is 3.45. The first-order chi connectivity index (χ1) is 8.73. The van der Waals surface area contributed by atoms with Crippen LogP contribution < -0.4 is 0 Å². The molecule has 0 unspecified atom stereocenters. The Morgan fingerprint density at radius 1 is 1.22 bits per heavy atom. The van der Waals surface area contributed by atoms with Gasteiger partial charge in [0.2, 0.25) is 0 Å². The fourth-order valence-electron chi connectivity index (χ4n) is 1.94. The molecule has 1 saturated carbocycles. The molecule has 18 heavy (non-hydrogen) atoms. The molecule has 2 heterocycles. The fourth-order valence-corrected chi connectivity index (χ4v) is 1.94. The van der Waals surface area contributed by atoms with Gasteiger partial charge in [0, 0.05) is 11.9 Å². The van der Waals surface area contributed by atoms with Crippen LogP contribution in [-0.4, -0.2) is 15.0 Å². The molecule has 2 aromatic heterocycles. The van der Waals surface area contributed by atoms with Gasteiger partial charge in [0.1, 0.15) is 11.2 Å². The van der Waals surface area contributed by atoms with Crippen molar-refractivity contribution in [2.75, 3.05) is 0 Å². The van der Waals surface area contributed by atoms with Gasteiger partial charge < -0.3 is 0 Å². The van der Waals surface area contributed by atoms with Crippen molar-refractivity contribution in [3.8, 4) is 17.5 Å². The molecule has 0 radical (unpaired) electrons. The number of aromatic nitrogens is 3. The first-order valence-electron chi connectivity index (χ1n) is 5.92. The highest BCUT2D eigenvalue weighted by Crippen LogP contribution is 2.46. The van der Waals surface area contributed by atoms with Crippen molar-refractivity contribution in [3.63, 3.8) is 0 Å². The molecule has 1 aliphatic rings. The Morgan fingerprint density at radius 3 is 2.67 bits per heavy atom. The molecular formula is C14H12N4. The van der Waals surface area contributed by atoms with Gasteiger partial charge in [-0.3, -0.25) is 4.98 Å². The lowest BCUT2D eigenvalue weighted by Gasteiger charge is -2.08. The number of rotatable bonds is 2. The number of pyridine rings is 1. The van der Waals surface area contributed by atoms with Crippen molar-refractivity contribution < 1.29 is 0 Å². The van der Waals surface area contributed by atoms with Crippen LogP contribution in [0.15, 0.2) is 30.5 Å². The van der Waals surface area contributed by atoms with Crippen LogP contribution in [0.1, 0.15) is 24.4 Å². The number of hydrogen-bond acceptors (Lipinski definition) is 4. The van der Waals surface area contributed by atoms with Crippen molar-refractivity contribution in [2.45, 2.75) is 25.2 Å². The van der Waals surface area contributed by atoms with Crippen LogP contribution in [0.5, 0.6) is 0 Å². The fraction of sp³-hybridized carbons (Fsp3) is 0.286. The minimum atomic E-state index is -0.449. The topological polar surface area (TPSA) is 62.5 Å². The summed E-state index contributed by atoms with van der Waals surface area (Å²) in [5, 5.41) is 9.22. The van der Waals surface area contributed by atoms with E-state index in [9.17, 15) is 5.26 Å². The van der Waals surface area contributed by atoms with Gasteiger partial charge in [-0.2, -0.15) is 5.26 Å². The first kappa shape index (κ1) is 10.8. The van der Waals surface area contributed by atoms with E-state index < -0.39 is 5.41 Å². The highest BCUT2D eigenvalue weighted by atomic mass is 14.9. The van der Waals surface area contributed by atoms with Crippen LogP contribution in [0, 0.1) is 18.3 Å². The number of hydrogen-bond donors (Lipinski definition) is 0. The molecule has 0 atom stereocenters. The molecule has 0 aliphatic heterocycles. The molecule has 0 spiro atoms. The summed E-state index contributed by atoms with van der Waals surface area (Å²) in [5.74, 6) is 0.644. The Kier molecular flexibility index (Phi) is 2.34. The van der Waals surface area contributed by atoms with Crippen molar-refractivity contribution >= 4 is 0 Å². The third-order valence-electron chi connectivity index (χ3n) is 3.17. The predicted octanol–water partition coefficient (Wildman–Crippen LogP) is 2.40. The average Bonchev–Trinajstić information content (AvgIpc) is 3.20. The monoisotopic (exact) mass is 236 g/mol. The number of nitriles is 1. The van der Waals surface area contributed by atoms with Gasteiger partial charge in [0.15, 0.2) is 0 Å². The Bertz CT molecular complexity index is 624. The zero-order valence-electron chi connectivity index (χ0n) is 10.1. The minimum absolute atomic E-state index is 0.449. The highest BCUT2D eigenvalue weighted by molar-refractivity contribution is 5.54. The first-order valence-corrected chi connectivity index (χ1v) is 5.92. The Morgan fingerprint density at radius 2 is 2.06 bits per heavy atom. The minimum Gasteiger partial charge on any atom is -0.255 e. The largest absolute Gasteiger partial charge is 0.255 e. The van der Waals surface area contributed by atoms with Gasteiger partial charge in [-0.25, -0.2) is 9.97 Å². The molecular weight excluding hydrogens is 224 g/mol. The molecule has 2 aromatic rings. The van der Waals surface area contributed by atoms with Crippen molar-refractivity contribution in [2.24, 2.45) is 0 Å². The maximum Gasteiger partial charge on any atom is 0.149 e. The van der Waals surface area contributed by atoms with E-state index in [0.717, 1.165) is 29.9 Å². The molecule has 0 aromatic carbocycles. The van der Waals surface area contributed by atoms with Crippen molar-refractivity contribution in [1.29, 1.82) is 5.26 Å². The predicted molar refractivity (Wildman–Crippen MR) is 66.5 cm³/mol. The summed E-state index contributed by atoms with van der Waals surface area (Å²) in [7, 11) is 0. The number of nitrogens with zero attached hydrogens (tertiary/aromatic N) is 4. The van der Waals surface area contributed by atoms with E-state index in [0.29, 0.717) is 5.82 Å². The van der Waals surface area contributed by atoms with Crippen LogP contribution in [0.25, 0.3) is 11.4 Å². The smallest absolute Gasteiger partial charge is 0.149 e. The summed E-state index contributed by atoms with van der Waals surface area (Å²) in [6, 6.07) is 9.94. The Hall–Kier alpha value is -2.28. The molecule has 3 rings (SSSR count). The van der Waals surface area contributed by atoms with E-state index in [-0.39, 0.29) is 0 Å². The summed E-state index contributed by atoms with van der Waals surface area (Å²) >= 11 is 0. The van der Waals surface area contributed by atoms with E-state index in [2.05, 4.69) is 21.0 Å². The molecule has 0 bridgehead atoms. The zero-order chi connectivity index (χ0) is 12.6. The van der Waals surface area contributed by atoms with Gasteiger partial charge in [-0.1, -0.05) is 6.07 Å². The molecule has 1 aliphatic carbocycles. The van der Waals surface area contributed by atoms with Crippen LogP contribution in [0.3, 0.4) is 0 Å². The lowest BCUT2D eigenvalue weighted by Crippen LogP contribution is -2.10. The van der Waals surface area contributed by atoms with Gasteiger partial charge in [0.05, 0.1) is 17.5 Å². The van der Waals surface area contributed by atoms with E-state index in [1.165, 1.54) is 0 Å². The molecule has 88 valence electrons. The van der Waals surface area contributed by atoms with Gasteiger partial charge in [-0.15, -0.1) is 0 Å². The van der Waals surface area contributed by atoms with E-state index in [4.69, 9.17) is 0 Å². The maximum atomic E-state index is 9.22. The lowest BCUT2D eigenvalue weighted by atomic mass is 10.1. The van der Waals surface area contributed by atoms with Crippen molar-refractivity contribution in [1.82, 2.24) is 15.0 Å². The zero-order valence-corrected chi connectivity index (χ0v) is 10.1. The maximum absolute atomic E-state index is 9.22. The van der Waals surface area contributed by atoms with Crippen LogP contribution >= 0.6 is 0 Å². The summed E-state index contributed by atoms with van der Waals surface area (Å²) in [4.78, 5) is 13.2. The molecule has 0 N–H and O–H groups in total. The van der Waals surface area contributed by atoms with Crippen molar-refractivity contribution in [3.05, 3.63) is 42.0 Å². The second kappa shape index (κ2) is 3.88. The molecule has 1 fully saturated rings. The highest BCUT2D eigenvalue weighted by Gasteiger charge is 2.48. The third kappa shape index (κ3) is 1.74. The lowest BCUT2D eigenvalue weighted by molar-refractivity contribution is 0.789. The Balaban J connectivity index is 2.11. The van der Waals surface area contributed by atoms with Crippen LogP contribution in [0.4, 0.5) is 0 Å². The normalized spacial score (nSPS) is 16.0. The van der Waals surface area contributed by atoms with E-state index >= 15 is 0 Å². The van der Waals surface area contributed by atoms with E-state index in [1.54, 1.807) is 6.20 Å². The summed E-state index contributed by atoms with van der Waals surface area (Å²) in [6.45, 7) is 1.92. The summed E-state index contributed by atoms with van der Waals surface area (Å²) < 4.78 is 0. The van der Waals surface area contributed by atoms with E-state index in [1.807, 2.05) is 31.2 Å². The molecule has 0 saturated heterocycles. The average molecular weight is 236 g/mol. The molecule has 4 heteroatoms. The molecule has 0 amide bonds. The second-order valence-corrected chi connectivity index (χ2v) is 4.63. The quantitative estimate of drug-likeness (QED) is 0.803. The van der Waals surface area contributed by atoms with Crippen LogP contribution in [0.2, 0.25) is 0 Å². The molecule has 4 nitrogen and oxygen atoms in total. The van der Waals surface area contributed by atoms with Gasteiger partial charge >= 0.3 is 0 Å². The number of aryl methyl sites for hydroxylation is 1. The third-order valence-corrected chi connectivity index (χ3v) is 3.17. The van der Waals surface area contributed by atoms with Gasteiger partial charge in [0.25, 0.3) is 0 Å². The van der Waals surface area contributed by atoms with Crippen LogP contribution in [-0.2, 0) is 5.41 Å².